The van der Waals surface area contributed by atoms with Crippen molar-refractivity contribution in [3.63, 3.8) is 0 Å². The second-order valence-corrected chi connectivity index (χ2v) is 6.04. The van der Waals surface area contributed by atoms with E-state index in [-0.39, 0.29) is 0 Å². The molecular weight excluding hydrogens is 203 g/mol. The molecule has 0 unspecified atom stereocenters. The Morgan fingerprint density at radius 2 is 0.875 bits per heavy atom. The van der Waals surface area contributed by atoms with Crippen molar-refractivity contribution in [3.8, 4) is 0 Å². The molecule has 0 aromatic rings. The summed E-state index contributed by atoms with van der Waals surface area (Å²) in [6, 6.07) is 0. The van der Waals surface area contributed by atoms with Crippen molar-refractivity contribution < 1.29 is 9.84 Å². The summed E-state index contributed by atoms with van der Waals surface area (Å²) in [5.41, 5.74) is 0. The highest BCUT2D eigenvalue weighted by Crippen LogP contribution is 2.40. The van der Waals surface area contributed by atoms with Gasteiger partial charge in [-0.3, -0.25) is 0 Å². The van der Waals surface area contributed by atoms with Gasteiger partial charge < -0.3 is 0 Å². The largest absolute Gasteiger partial charge is 0.209 e. The lowest BCUT2D eigenvalue weighted by atomic mass is 9.70. The van der Waals surface area contributed by atoms with Gasteiger partial charge in [-0.2, -0.15) is 0 Å². The van der Waals surface area contributed by atoms with Gasteiger partial charge in [-0.25, -0.2) is 5.31 Å². The predicted molar refractivity (Wildman–Crippen MR) is 65.6 cm³/mol. The van der Waals surface area contributed by atoms with E-state index in [4.69, 9.17) is 9.84 Å². The van der Waals surface area contributed by atoms with Crippen molar-refractivity contribution in [3.05, 3.63) is 0 Å². The van der Waals surface area contributed by atoms with Crippen LogP contribution in [0.1, 0.15) is 65.2 Å². The van der Waals surface area contributed by atoms with Crippen LogP contribution in [-0.2, 0) is 0 Å². The summed E-state index contributed by atoms with van der Waals surface area (Å²) in [6.45, 7) is 4.86. The fourth-order valence-corrected chi connectivity index (χ4v) is 3.51. The molecule has 1 nitrogen and oxygen atoms in total. The third kappa shape index (κ3) is 4.04. The summed E-state index contributed by atoms with van der Waals surface area (Å²) in [7, 11) is 0. The van der Waals surface area contributed by atoms with E-state index in [0.717, 1.165) is 23.7 Å². The maximum absolute atomic E-state index is 8.50. The summed E-state index contributed by atoms with van der Waals surface area (Å²) in [5, 5.41) is 5.50. The first-order valence-corrected chi connectivity index (χ1v) is 6.92. The quantitative estimate of drug-likeness (QED) is 0.703. The molecule has 0 atom stereocenters. The Kier molecular flexibility index (Phi) is 6.33. The lowest BCUT2D eigenvalue weighted by molar-refractivity contribution is -0.0441. The first-order chi connectivity index (χ1) is 7.75. The van der Waals surface area contributed by atoms with Crippen molar-refractivity contribution in [2.45, 2.75) is 65.2 Å². The van der Waals surface area contributed by atoms with Crippen LogP contribution in [0, 0.1) is 23.7 Å². The van der Waals surface area contributed by atoms with Crippen molar-refractivity contribution >= 4 is 0 Å². The van der Waals surface area contributed by atoms with Crippen LogP contribution in [-0.4, -0.2) is 5.31 Å². The SMILES string of the molecule is CC1CCC(C2CCC(C)CC2)CC1.OF. The van der Waals surface area contributed by atoms with Crippen LogP contribution in [0.3, 0.4) is 0 Å². The Hall–Kier alpha value is -0.110. The molecule has 0 bridgehead atoms. The smallest absolute Gasteiger partial charge is 0.0386 e. The monoisotopic (exact) mass is 230 g/mol. The van der Waals surface area contributed by atoms with Gasteiger partial charge in [0.05, 0.1) is 0 Å². The Morgan fingerprint density at radius 3 is 1.12 bits per heavy atom. The topological polar surface area (TPSA) is 20.2 Å². The summed E-state index contributed by atoms with van der Waals surface area (Å²) < 4.78 is 8.50. The molecule has 0 aromatic heterocycles. The predicted octanol–water partition coefficient (Wildman–Crippen LogP) is 4.50. The Morgan fingerprint density at radius 1 is 0.625 bits per heavy atom. The Labute approximate surface area is 99.3 Å². The van der Waals surface area contributed by atoms with Crippen LogP contribution in [0.25, 0.3) is 0 Å². The highest BCUT2D eigenvalue weighted by molar-refractivity contribution is 4.80. The van der Waals surface area contributed by atoms with Crippen molar-refractivity contribution in [2.75, 3.05) is 0 Å². The van der Waals surface area contributed by atoms with Gasteiger partial charge in [0.2, 0.25) is 0 Å². The molecule has 2 aliphatic carbocycles. The molecule has 1 N–H and O–H groups in total. The fraction of sp³-hybridized carbons (Fsp3) is 1.00. The minimum atomic E-state index is 1.02. The first kappa shape index (κ1) is 14.0. The van der Waals surface area contributed by atoms with Gasteiger partial charge in [0.25, 0.3) is 0 Å². The molecule has 0 aliphatic heterocycles. The minimum Gasteiger partial charge on any atom is -0.209 e. The number of hydrogen-bond acceptors (Lipinski definition) is 1. The number of rotatable bonds is 1. The molecule has 0 aromatic carbocycles. The molecule has 16 heavy (non-hydrogen) atoms. The molecule has 2 rings (SSSR count). The molecule has 96 valence electrons. The maximum atomic E-state index is 8.50. The maximum Gasteiger partial charge on any atom is -0.0386 e. The van der Waals surface area contributed by atoms with Crippen molar-refractivity contribution in [1.29, 1.82) is 0 Å². The van der Waals surface area contributed by atoms with E-state index in [9.17, 15) is 0 Å². The molecule has 0 saturated heterocycles. The van der Waals surface area contributed by atoms with E-state index in [1.54, 1.807) is 25.7 Å². The molecule has 2 saturated carbocycles. The molecule has 0 heterocycles. The van der Waals surface area contributed by atoms with E-state index in [2.05, 4.69) is 13.8 Å². The Bertz CT molecular complexity index is 148. The lowest BCUT2D eigenvalue weighted by Crippen LogP contribution is -2.24. The zero-order valence-electron chi connectivity index (χ0n) is 10.8. The van der Waals surface area contributed by atoms with Gasteiger partial charge in [0.1, 0.15) is 0 Å². The average molecular weight is 230 g/mol. The van der Waals surface area contributed by atoms with E-state index in [1.165, 1.54) is 25.7 Å². The van der Waals surface area contributed by atoms with Gasteiger partial charge >= 0.3 is 0 Å². The molecular formula is C14H27FO. The molecule has 0 spiro atoms. The highest BCUT2D eigenvalue weighted by Gasteiger charge is 2.28. The molecule has 0 amide bonds. The van der Waals surface area contributed by atoms with Gasteiger partial charge in [-0.1, -0.05) is 44.1 Å². The minimum absolute atomic E-state index is 1.02. The van der Waals surface area contributed by atoms with Crippen molar-refractivity contribution in [2.24, 2.45) is 23.7 Å². The van der Waals surface area contributed by atoms with E-state index < -0.39 is 0 Å². The normalized spacial score (nSPS) is 39.8. The van der Waals surface area contributed by atoms with Crippen LogP contribution in [0.4, 0.5) is 4.53 Å². The molecule has 2 fully saturated rings. The Balaban J connectivity index is 0.000000606. The summed E-state index contributed by atoms with van der Waals surface area (Å²) in [6.07, 6.45) is 12.2. The second kappa shape index (κ2) is 7.26. The van der Waals surface area contributed by atoms with Crippen LogP contribution in [0.5, 0.6) is 0 Å². The van der Waals surface area contributed by atoms with Gasteiger partial charge in [-0.05, 0) is 49.4 Å². The standard InChI is InChI=1S/C14H26.FHO/c1-11-3-7-13(8-4-11)14-9-5-12(2)6-10-14;1-2/h11-14H,3-10H2,1-2H3;2H. The van der Waals surface area contributed by atoms with Crippen LogP contribution in [0.2, 0.25) is 0 Å². The van der Waals surface area contributed by atoms with E-state index in [0.29, 0.717) is 0 Å². The first-order valence-electron chi connectivity index (χ1n) is 6.92. The zero-order chi connectivity index (χ0) is 12.0. The van der Waals surface area contributed by atoms with Gasteiger partial charge in [0, 0.05) is 0 Å². The summed E-state index contributed by atoms with van der Waals surface area (Å²) >= 11 is 0. The summed E-state index contributed by atoms with van der Waals surface area (Å²) in [5.74, 6) is 4.26. The zero-order valence-corrected chi connectivity index (χ0v) is 10.8. The number of halogens is 1. The molecule has 2 heteroatoms. The van der Waals surface area contributed by atoms with Crippen LogP contribution < -0.4 is 0 Å². The third-order valence-corrected chi connectivity index (χ3v) is 4.79. The van der Waals surface area contributed by atoms with Gasteiger partial charge in [0.15, 0.2) is 0 Å². The van der Waals surface area contributed by atoms with Crippen LogP contribution >= 0.6 is 0 Å². The second-order valence-electron chi connectivity index (χ2n) is 6.04. The van der Waals surface area contributed by atoms with Crippen LogP contribution in [0.15, 0.2) is 0 Å². The average Bonchev–Trinajstić information content (AvgIpc) is 2.34. The van der Waals surface area contributed by atoms with E-state index in [1.807, 2.05) is 0 Å². The fourth-order valence-electron chi connectivity index (χ4n) is 3.51. The van der Waals surface area contributed by atoms with Gasteiger partial charge in [-0.15, -0.1) is 0 Å². The van der Waals surface area contributed by atoms with Crippen molar-refractivity contribution in [1.82, 2.24) is 0 Å². The molecule has 0 radical (unpaired) electrons. The summed E-state index contributed by atoms with van der Waals surface area (Å²) in [4.78, 5) is 0. The molecule has 2 aliphatic rings. The lowest BCUT2D eigenvalue weighted by Gasteiger charge is -2.36. The highest BCUT2D eigenvalue weighted by atomic mass is 19.3. The van der Waals surface area contributed by atoms with E-state index >= 15 is 0 Å². The third-order valence-electron chi connectivity index (χ3n) is 4.79. The number of hydrogen-bond donors (Lipinski definition) is 1.